The number of nitrogens with one attached hydrogen (secondary N) is 1. The molecule has 0 bridgehead atoms. The van der Waals surface area contributed by atoms with Crippen LogP contribution in [0.2, 0.25) is 0 Å². The standard InChI is InChI=1S/C19H24N4O4S3/c1-5-13-10(3)29-16(15(13)17(26)27-6-2)20-14(25)9-28-19-22-21-18(30-19)23(11(4)24)12-7-8-12/h12H,5-9H2,1-4H3,(H,20,25). The molecular weight excluding hydrogens is 444 g/mol. The van der Waals surface area contributed by atoms with Crippen molar-refractivity contribution in [3.8, 4) is 0 Å². The number of hydrogen-bond acceptors (Lipinski definition) is 9. The molecule has 0 aromatic carbocycles. The van der Waals surface area contributed by atoms with E-state index in [2.05, 4.69) is 15.5 Å². The van der Waals surface area contributed by atoms with Crippen molar-refractivity contribution in [2.24, 2.45) is 0 Å². The van der Waals surface area contributed by atoms with Gasteiger partial charge in [0.25, 0.3) is 0 Å². The van der Waals surface area contributed by atoms with Gasteiger partial charge in [-0.1, -0.05) is 30.0 Å². The van der Waals surface area contributed by atoms with E-state index in [0.717, 1.165) is 23.3 Å². The van der Waals surface area contributed by atoms with Crippen LogP contribution in [0.4, 0.5) is 10.1 Å². The lowest BCUT2D eigenvalue weighted by atomic mass is 10.1. The average Bonchev–Trinajstić information content (AvgIpc) is 3.31. The summed E-state index contributed by atoms with van der Waals surface area (Å²) < 4.78 is 5.79. The average molecular weight is 469 g/mol. The Labute approximate surface area is 187 Å². The van der Waals surface area contributed by atoms with Crippen LogP contribution in [0.5, 0.6) is 0 Å². The molecule has 1 aliphatic carbocycles. The van der Waals surface area contributed by atoms with Gasteiger partial charge in [-0.3, -0.25) is 14.5 Å². The van der Waals surface area contributed by atoms with Crippen molar-refractivity contribution in [2.75, 3.05) is 22.6 Å². The highest BCUT2D eigenvalue weighted by Crippen LogP contribution is 2.36. The van der Waals surface area contributed by atoms with Gasteiger partial charge in [0.15, 0.2) is 4.34 Å². The molecule has 0 saturated heterocycles. The summed E-state index contributed by atoms with van der Waals surface area (Å²) in [6.07, 6.45) is 2.64. The molecule has 2 heterocycles. The van der Waals surface area contributed by atoms with Gasteiger partial charge in [-0.15, -0.1) is 21.5 Å². The van der Waals surface area contributed by atoms with Gasteiger partial charge in [-0.05, 0) is 38.7 Å². The minimum atomic E-state index is -0.417. The van der Waals surface area contributed by atoms with Crippen LogP contribution in [0.15, 0.2) is 4.34 Å². The number of amides is 2. The molecule has 0 unspecified atom stereocenters. The predicted octanol–water partition coefficient (Wildman–Crippen LogP) is 3.89. The van der Waals surface area contributed by atoms with Crippen LogP contribution in [0, 0.1) is 6.92 Å². The van der Waals surface area contributed by atoms with Crippen LogP contribution < -0.4 is 10.2 Å². The molecule has 0 spiro atoms. The van der Waals surface area contributed by atoms with Crippen molar-refractivity contribution in [1.82, 2.24) is 10.2 Å². The molecular formula is C19H24N4O4S3. The van der Waals surface area contributed by atoms with E-state index in [-0.39, 0.29) is 30.2 Å². The minimum absolute atomic E-state index is 0.0470. The van der Waals surface area contributed by atoms with E-state index in [9.17, 15) is 14.4 Å². The fourth-order valence-corrected chi connectivity index (χ4v) is 5.95. The molecule has 2 aromatic rings. The van der Waals surface area contributed by atoms with E-state index >= 15 is 0 Å². The van der Waals surface area contributed by atoms with Crippen molar-refractivity contribution in [1.29, 1.82) is 0 Å². The Morgan fingerprint density at radius 1 is 1.23 bits per heavy atom. The monoisotopic (exact) mass is 468 g/mol. The summed E-state index contributed by atoms with van der Waals surface area (Å²) in [6, 6.07) is 0.215. The first-order valence-electron chi connectivity index (χ1n) is 9.70. The second-order valence-corrected chi connectivity index (χ2v) is 10.1. The number of carbonyl (C=O) groups excluding carboxylic acids is 3. The molecule has 30 heavy (non-hydrogen) atoms. The third kappa shape index (κ3) is 5.19. The summed E-state index contributed by atoms with van der Waals surface area (Å²) in [5, 5.41) is 12.1. The zero-order valence-corrected chi connectivity index (χ0v) is 19.8. The molecule has 0 aliphatic heterocycles. The van der Waals surface area contributed by atoms with E-state index in [1.54, 1.807) is 11.8 Å². The Morgan fingerprint density at radius 3 is 2.57 bits per heavy atom. The van der Waals surface area contributed by atoms with Gasteiger partial charge in [-0.2, -0.15) is 0 Å². The van der Waals surface area contributed by atoms with Gasteiger partial charge in [0, 0.05) is 17.8 Å². The van der Waals surface area contributed by atoms with E-state index in [1.807, 2.05) is 13.8 Å². The molecule has 11 heteroatoms. The van der Waals surface area contributed by atoms with Crippen molar-refractivity contribution in [3.63, 3.8) is 0 Å². The number of aryl methyl sites for hydroxylation is 1. The molecule has 1 saturated carbocycles. The highest BCUT2D eigenvalue weighted by atomic mass is 32.2. The van der Waals surface area contributed by atoms with Gasteiger partial charge in [0.1, 0.15) is 5.00 Å². The number of anilines is 2. The van der Waals surface area contributed by atoms with E-state index in [1.165, 1.54) is 41.4 Å². The fraction of sp³-hybridized carbons (Fsp3) is 0.526. The summed E-state index contributed by atoms with van der Waals surface area (Å²) in [6.45, 7) is 7.45. The first-order chi connectivity index (χ1) is 14.3. The summed E-state index contributed by atoms with van der Waals surface area (Å²) in [5.74, 6) is -0.579. The summed E-state index contributed by atoms with van der Waals surface area (Å²) in [4.78, 5) is 39.4. The Hall–Kier alpha value is -1.98. The number of aromatic nitrogens is 2. The highest BCUT2D eigenvalue weighted by molar-refractivity contribution is 8.01. The number of rotatable bonds is 9. The van der Waals surface area contributed by atoms with Crippen LogP contribution in [0.3, 0.4) is 0 Å². The maximum Gasteiger partial charge on any atom is 0.341 e. The first-order valence-corrected chi connectivity index (χ1v) is 12.3. The normalized spacial score (nSPS) is 13.2. The number of ether oxygens (including phenoxy) is 1. The molecule has 2 amide bonds. The summed E-state index contributed by atoms with van der Waals surface area (Å²) >= 11 is 3.94. The lowest BCUT2D eigenvalue weighted by Crippen LogP contribution is -2.30. The molecule has 3 rings (SSSR count). The highest BCUT2D eigenvalue weighted by Gasteiger charge is 2.34. The number of hydrogen-bond donors (Lipinski definition) is 1. The summed E-state index contributed by atoms with van der Waals surface area (Å²) in [7, 11) is 0. The number of esters is 1. The smallest absolute Gasteiger partial charge is 0.341 e. The SMILES string of the molecule is CCOC(=O)c1c(NC(=O)CSc2nnc(N(C(C)=O)C3CC3)s2)sc(C)c1CC. The number of nitrogens with zero attached hydrogens (tertiary/aromatic N) is 3. The molecule has 1 fully saturated rings. The van der Waals surface area contributed by atoms with Gasteiger partial charge in [-0.25, -0.2) is 4.79 Å². The van der Waals surface area contributed by atoms with Gasteiger partial charge < -0.3 is 10.1 Å². The van der Waals surface area contributed by atoms with Gasteiger partial charge in [0.05, 0.1) is 17.9 Å². The maximum absolute atomic E-state index is 12.5. The lowest BCUT2D eigenvalue weighted by Gasteiger charge is -2.15. The maximum atomic E-state index is 12.5. The Balaban J connectivity index is 1.64. The molecule has 2 aromatic heterocycles. The van der Waals surface area contributed by atoms with Crippen LogP contribution in [-0.2, 0) is 20.7 Å². The largest absolute Gasteiger partial charge is 0.462 e. The zero-order chi connectivity index (χ0) is 21.8. The Kier molecular flexibility index (Phi) is 7.48. The first kappa shape index (κ1) is 22.7. The quantitative estimate of drug-likeness (QED) is 0.338. The second kappa shape index (κ2) is 9.88. The van der Waals surface area contributed by atoms with Crippen LogP contribution in [0.25, 0.3) is 0 Å². The third-order valence-corrected chi connectivity index (χ3v) is 7.59. The molecule has 8 nitrogen and oxygen atoms in total. The molecule has 1 aliphatic rings. The predicted molar refractivity (Wildman–Crippen MR) is 120 cm³/mol. The minimum Gasteiger partial charge on any atom is -0.462 e. The second-order valence-electron chi connectivity index (χ2n) is 6.72. The molecule has 0 atom stereocenters. The summed E-state index contributed by atoms with van der Waals surface area (Å²) in [5.41, 5.74) is 1.35. The van der Waals surface area contributed by atoms with E-state index < -0.39 is 5.97 Å². The van der Waals surface area contributed by atoms with Gasteiger partial charge >= 0.3 is 5.97 Å². The fourth-order valence-electron chi connectivity index (χ4n) is 3.04. The van der Waals surface area contributed by atoms with E-state index in [0.29, 0.717) is 26.5 Å². The molecule has 1 N–H and O–H groups in total. The van der Waals surface area contributed by atoms with E-state index in [4.69, 9.17) is 4.74 Å². The third-order valence-electron chi connectivity index (χ3n) is 4.47. The Bertz CT molecular complexity index is 952. The molecule has 0 radical (unpaired) electrons. The number of thioether (sulfide) groups is 1. The number of carbonyl (C=O) groups is 3. The van der Waals surface area contributed by atoms with Crippen molar-refractivity contribution >= 4 is 62.4 Å². The zero-order valence-electron chi connectivity index (χ0n) is 17.3. The number of thiophene rings is 1. The Morgan fingerprint density at radius 2 is 1.97 bits per heavy atom. The van der Waals surface area contributed by atoms with Crippen molar-refractivity contribution in [3.05, 3.63) is 16.0 Å². The van der Waals surface area contributed by atoms with Gasteiger partial charge in [0.2, 0.25) is 16.9 Å². The molecule has 162 valence electrons. The van der Waals surface area contributed by atoms with Crippen molar-refractivity contribution in [2.45, 2.75) is 57.3 Å². The van der Waals surface area contributed by atoms with Crippen LogP contribution in [-0.4, -0.2) is 46.4 Å². The lowest BCUT2D eigenvalue weighted by molar-refractivity contribution is -0.116. The van der Waals surface area contributed by atoms with Crippen LogP contribution >= 0.6 is 34.4 Å². The van der Waals surface area contributed by atoms with Crippen LogP contribution in [0.1, 0.15) is 54.4 Å². The topological polar surface area (TPSA) is 101 Å². The van der Waals surface area contributed by atoms with Crippen molar-refractivity contribution < 1.29 is 19.1 Å².